The van der Waals surface area contributed by atoms with Crippen molar-refractivity contribution in [2.24, 2.45) is 0 Å². The maximum absolute atomic E-state index is 12.8. The molecule has 1 aliphatic rings. The van der Waals surface area contributed by atoms with E-state index in [2.05, 4.69) is 39.6 Å². The van der Waals surface area contributed by atoms with Gasteiger partial charge in [-0.3, -0.25) is 14.6 Å². The van der Waals surface area contributed by atoms with Gasteiger partial charge in [0.25, 0.3) is 11.5 Å². The van der Waals surface area contributed by atoms with E-state index in [0.29, 0.717) is 23.0 Å². The Morgan fingerprint density at radius 3 is 2.56 bits per heavy atom. The maximum Gasteiger partial charge on any atom is 0.259 e. The predicted octanol–water partition coefficient (Wildman–Crippen LogP) is 3.83. The zero-order valence-corrected chi connectivity index (χ0v) is 15.7. The quantitative estimate of drug-likeness (QED) is 0.603. The molecule has 0 radical (unpaired) electrons. The third-order valence-corrected chi connectivity index (χ3v) is 5.74. The fraction of sp³-hybridized carbons (Fsp3) is 0.286. The molecule has 1 saturated carbocycles. The fourth-order valence-corrected chi connectivity index (χ4v) is 4.28. The van der Waals surface area contributed by atoms with E-state index in [9.17, 15) is 9.59 Å². The molecule has 27 heavy (non-hydrogen) atoms. The van der Waals surface area contributed by atoms with Crippen LogP contribution in [0.4, 0.5) is 0 Å². The third kappa shape index (κ3) is 3.45. The molecule has 0 spiro atoms. The molecule has 5 nitrogen and oxygen atoms in total. The second-order valence-corrected chi connectivity index (χ2v) is 7.61. The molecule has 3 aromatic rings. The smallest absolute Gasteiger partial charge is 0.259 e. The van der Waals surface area contributed by atoms with E-state index >= 15 is 0 Å². The fourth-order valence-electron chi connectivity index (χ4n) is 4.07. The lowest BCUT2D eigenvalue weighted by atomic mass is 9.79. The highest BCUT2D eigenvalue weighted by Crippen LogP contribution is 2.40. The first-order chi connectivity index (χ1) is 13.1. The van der Waals surface area contributed by atoms with Gasteiger partial charge in [-0.15, -0.1) is 0 Å². The minimum absolute atomic E-state index is 0.00479. The van der Waals surface area contributed by atoms with E-state index < -0.39 is 0 Å². The molecule has 2 aromatic carbocycles. The number of carbonyl (C=O) groups excluding carboxylic acids is 1. The van der Waals surface area contributed by atoms with Gasteiger partial charge in [-0.05, 0) is 48.8 Å². The van der Waals surface area contributed by atoms with Gasteiger partial charge in [-0.2, -0.15) is 0 Å². The van der Waals surface area contributed by atoms with E-state index in [1.54, 1.807) is 18.2 Å². The van der Waals surface area contributed by atoms with Gasteiger partial charge in [-0.1, -0.05) is 43.2 Å². The second-order valence-electron chi connectivity index (χ2n) is 7.20. The third-order valence-electron chi connectivity index (χ3n) is 5.54. The Balaban J connectivity index is 1.58. The number of fused-ring (bicyclic) bond motifs is 1. The topological polar surface area (TPSA) is 77.8 Å². The van der Waals surface area contributed by atoms with Gasteiger partial charge >= 0.3 is 0 Å². The number of H-pyrrole nitrogens is 2. The van der Waals surface area contributed by atoms with Gasteiger partial charge in [0.1, 0.15) is 0 Å². The minimum atomic E-state index is -0.255. The Hall–Kier alpha value is -2.73. The molecular weight excluding hydrogens is 358 g/mol. The monoisotopic (exact) mass is 379 g/mol. The molecular formula is C21H21N3O2S. The molecule has 0 unspecified atom stereocenters. The Bertz CT molecular complexity index is 1100. The summed E-state index contributed by atoms with van der Waals surface area (Å²) < 4.78 is 0.249. The summed E-state index contributed by atoms with van der Waals surface area (Å²) in [6.07, 6.45) is 4.52. The first-order valence-electron chi connectivity index (χ1n) is 9.18. The number of rotatable bonds is 4. The van der Waals surface area contributed by atoms with Crippen LogP contribution < -0.4 is 10.9 Å². The molecule has 0 atom stereocenters. The lowest BCUT2D eigenvalue weighted by Gasteiger charge is -2.30. The largest absolute Gasteiger partial charge is 0.351 e. The van der Waals surface area contributed by atoms with Crippen molar-refractivity contribution < 1.29 is 4.79 Å². The summed E-state index contributed by atoms with van der Waals surface area (Å²) in [5, 5.41) is 3.59. The van der Waals surface area contributed by atoms with Crippen molar-refractivity contribution in [2.75, 3.05) is 6.54 Å². The van der Waals surface area contributed by atoms with Crippen LogP contribution >= 0.6 is 12.2 Å². The van der Waals surface area contributed by atoms with Crippen molar-refractivity contribution in [3.05, 3.63) is 74.8 Å². The van der Waals surface area contributed by atoms with Crippen molar-refractivity contribution in [2.45, 2.75) is 31.1 Å². The number of amides is 1. The van der Waals surface area contributed by atoms with E-state index in [0.717, 1.165) is 12.8 Å². The molecule has 0 saturated heterocycles. The Morgan fingerprint density at radius 1 is 1.07 bits per heavy atom. The summed E-state index contributed by atoms with van der Waals surface area (Å²) in [5.41, 5.74) is 2.12. The molecule has 3 N–H and O–H groups in total. The minimum Gasteiger partial charge on any atom is -0.351 e. The van der Waals surface area contributed by atoms with Crippen LogP contribution in [0.5, 0.6) is 0 Å². The van der Waals surface area contributed by atoms with Crippen LogP contribution in [-0.4, -0.2) is 22.4 Å². The molecule has 1 amide bonds. The molecule has 6 heteroatoms. The number of aromatic amines is 2. The van der Waals surface area contributed by atoms with Crippen LogP contribution in [0.2, 0.25) is 0 Å². The van der Waals surface area contributed by atoms with E-state index in [-0.39, 0.29) is 21.7 Å². The van der Waals surface area contributed by atoms with Gasteiger partial charge < -0.3 is 10.3 Å². The summed E-state index contributed by atoms with van der Waals surface area (Å²) in [6, 6.07) is 15.4. The van der Waals surface area contributed by atoms with Gasteiger partial charge in [0.2, 0.25) is 0 Å². The Kier molecular flexibility index (Phi) is 4.66. The number of benzene rings is 2. The molecule has 1 aromatic heterocycles. The van der Waals surface area contributed by atoms with Crippen molar-refractivity contribution in [3.8, 4) is 0 Å². The van der Waals surface area contributed by atoms with Crippen LogP contribution in [0.15, 0.2) is 53.3 Å². The van der Waals surface area contributed by atoms with Crippen LogP contribution in [0, 0.1) is 4.77 Å². The molecule has 0 aliphatic heterocycles. The zero-order chi connectivity index (χ0) is 18.9. The van der Waals surface area contributed by atoms with Crippen molar-refractivity contribution in [1.82, 2.24) is 15.3 Å². The summed E-state index contributed by atoms with van der Waals surface area (Å²) >= 11 is 5.02. The first kappa shape index (κ1) is 17.7. The average molecular weight is 379 g/mol. The summed E-state index contributed by atoms with van der Waals surface area (Å²) in [6.45, 7) is 0.610. The van der Waals surface area contributed by atoms with Gasteiger partial charge in [0.15, 0.2) is 4.77 Å². The number of nitrogens with one attached hydrogen (secondary N) is 3. The maximum atomic E-state index is 12.8. The average Bonchev–Trinajstić information content (AvgIpc) is 3.16. The highest BCUT2D eigenvalue weighted by molar-refractivity contribution is 7.71. The molecule has 138 valence electrons. The van der Waals surface area contributed by atoms with Crippen LogP contribution in [0.25, 0.3) is 10.9 Å². The Labute approximate surface area is 161 Å². The summed E-state index contributed by atoms with van der Waals surface area (Å²) in [5.74, 6) is -0.140. The van der Waals surface area contributed by atoms with Crippen molar-refractivity contribution >= 4 is 29.0 Å². The molecule has 4 rings (SSSR count). The zero-order valence-electron chi connectivity index (χ0n) is 14.9. The summed E-state index contributed by atoms with van der Waals surface area (Å²) in [7, 11) is 0. The normalized spacial score (nSPS) is 15.7. The number of carbonyl (C=O) groups is 1. The number of aromatic nitrogens is 2. The van der Waals surface area contributed by atoms with Crippen LogP contribution in [0.1, 0.15) is 41.6 Å². The SMILES string of the molecule is O=C(NCC1(c2ccccc2)CCCC1)c1ccc2c(=O)[nH]c(=S)[nH]c2c1. The predicted molar refractivity (Wildman–Crippen MR) is 109 cm³/mol. The Morgan fingerprint density at radius 2 is 1.81 bits per heavy atom. The van der Waals surface area contributed by atoms with Gasteiger partial charge in [0.05, 0.1) is 10.9 Å². The molecule has 0 bridgehead atoms. The van der Waals surface area contributed by atoms with E-state index in [1.807, 2.05) is 6.07 Å². The van der Waals surface area contributed by atoms with Crippen molar-refractivity contribution in [1.29, 1.82) is 0 Å². The first-order valence-corrected chi connectivity index (χ1v) is 9.58. The highest BCUT2D eigenvalue weighted by atomic mass is 32.1. The van der Waals surface area contributed by atoms with Crippen LogP contribution in [-0.2, 0) is 5.41 Å². The number of hydrogen-bond donors (Lipinski definition) is 3. The van der Waals surface area contributed by atoms with Gasteiger partial charge in [0, 0.05) is 17.5 Å². The lowest BCUT2D eigenvalue weighted by molar-refractivity contribution is 0.0943. The molecule has 1 fully saturated rings. The number of hydrogen-bond acceptors (Lipinski definition) is 3. The molecule has 1 heterocycles. The van der Waals surface area contributed by atoms with Crippen LogP contribution in [0.3, 0.4) is 0 Å². The lowest BCUT2D eigenvalue weighted by Crippen LogP contribution is -2.39. The highest BCUT2D eigenvalue weighted by Gasteiger charge is 2.35. The van der Waals surface area contributed by atoms with Gasteiger partial charge in [-0.25, -0.2) is 0 Å². The molecule has 1 aliphatic carbocycles. The van der Waals surface area contributed by atoms with Crippen molar-refractivity contribution in [3.63, 3.8) is 0 Å². The standard InChI is InChI=1S/C21H21N3O2S/c25-18(14-8-9-16-17(12-14)23-20(27)24-19(16)26)22-13-21(10-4-5-11-21)15-6-2-1-3-7-15/h1-3,6-9,12H,4-5,10-11,13H2,(H,22,25)(H2,23,24,26,27). The van der Waals surface area contributed by atoms with E-state index in [4.69, 9.17) is 12.2 Å². The summed E-state index contributed by atoms with van der Waals surface area (Å²) in [4.78, 5) is 30.2. The second kappa shape index (κ2) is 7.12. The van der Waals surface area contributed by atoms with E-state index in [1.165, 1.54) is 18.4 Å².